The summed E-state index contributed by atoms with van der Waals surface area (Å²) >= 11 is 0. The Morgan fingerprint density at radius 1 is 1.35 bits per heavy atom. The fourth-order valence-electron chi connectivity index (χ4n) is 2.84. The van der Waals surface area contributed by atoms with Gasteiger partial charge < -0.3 is 5.11 Å². The zero-order chi connectivity index (χ0) is 12.1. The fraction of sp³-hybridized carbons (Fsp3) is 0.600. The zero-order valence-corrected chi connectivity index (χ0v) is 10.7. The Labute approximate surface area is 104 Å². The quantitative estimate of drug-likeness (QED) is 0.844. The summed E-state index contributed by atoms with van der Waals surface area (Å²) in [4.78, 5) is 2.51. The predicted octanol–water partition coefficient (Wildman–Crippen LogP) is 2.53. The van der Waals surface area contributed by atoms with Crippen molar-refractivity contribution in [1.29, 1.82) is 0 Å². The van der Waals surface area contributed by atoms with Crippen LogP contribution in [0.4, 0.5) is 0 Å². The van der Waals surface area contributed by atoms with E-state index in [9.17, 15) is 5.11 Å². The van der Waals surface area contributed by atoms with Crippen molar-refractivity contribution in [3.63, 3.8) is 0 Å². The Morgan fingerprint density at radius 3 is 2.76 bits per heavy atom. The molecule has 1 aromatic carbocycles. The molecule has 2 heteroatoms. The van der Waals surface area contributed by atoms with E-state index in [2.05, 4.69) is 42.2 Å². The molecule has 0 saturated carbocycles. The Hall–Kier alpha value is -0.860. The topological polar surface area (TPSA) is 23.5 Å². The first-order valence-corrected chi connectivity index (χ1v) is 6.70. The van der Waals surface area contributed by atoms with Gasteiger partial charge in [-0.2, -0.15) is 0 Å². The van der Waals surface area contributed by atoms with Crippen LogP contribution in [0.15, 0.2) is 30.3 Å². The summed E-state index contributed by atoms with van der Waals surface area (Å²) in [5, 5.41) is 9.34. The highest BCUT2D eigenvalue weighted by Gasteiger charge is 2.27. The molecular formula is C15H23NO. The monoisotopic (exact) mass is 233 g/mol. The lowest BCUT2D eigenvalue weighted by Gasteiger charge is -2.21. The molecule has 2 unspecified atom stereocenters. The minimum absolute atomic E-state index is 0.348. The van der Waals surface area contributed by atoms with Gasteiger partial charge in [-0.25, -0.2) is 0 Å². The normalized spacial score (nSPS) is 22.8. The highest BCUT2D eigenvalue weighted by molar-refractivity contribution is 5.14. The zero-order valence-electron chi connectivity index (χ0n) is 10.7. The van der Waals surface area contributed by atoms with Gasteiger partial charge in [0.25, 0.3) is 0 Å². The molecule has 1 saturated heterocycles. The van der Waals surface area contributed by atoms with Crippen molar-refractivity contribution >= 4 is 0 Å². The van der Waals surface area contributed by atoms with Crippen LogP contribution in [0.5, 0.6) is 0 Å². The van der Waals surface area contributed by atoms with Crippen molar-refractivity contribution in [2.75, 3.05) is 19.7 Å². The van der Waals surface area contributed by atoms with Crippen LogP contribution >= 0.6 is 0 Å². The molecule has 1 heterocycles. The molecule has 1 aliphatic rings. The first-order valence-electron chi connectivity index (χ1n) is 6.70. The Balaban J connectivity index is 1.86. The maximum atomic E-state index is 9.34. The third kappa shape index (κ3) is 3.30. The lowest BCUT2D eigenvalue weighted by atomic mass is 9.90. The molecule has 0 spiro atoms. The SMILES string of the molecule is CCC(CO)C1CCN(Cc2ccccc2)C1. The summed E-state index contributed by atoms with van der Waals surface area (Å²) in [6, 6.07) is 10.7. The molecule has 0 amide bonds. The highest BCUT2D eigenvalue weighted by atomic mass is 16.3. The van der Waals surface area contributed by atoms with E-state index in [1.165, 1.54) is 18.5 Å². The first-order chi connectivity index (χ1) is 8.33. The molecule has 1 aromatic rings. The van der Waals surface area contributed by atoms with Crippen molar-refractivity contribution in [3.8, 4) is 0 Å². The molecule has 94 valence electrons. The van der Waals surface area contributed by atoms with Gasteiger partial charge in [-0.1, -0.05) is 43.7 Å². The third-order valence-electron chi connectivity index (χ3n) is 3.98. The van der Waals surface area contributed by atoms with Crippen molar-refractivity contribution in [2.24, 2.45) is 11.8 Å². The van der Waals surface area contributed by atoms with E-state index in [1.807, 2.05) is 0 Å². The van der Waals surface area contributed by atoms with Gasteiger partial charge in [-0.15, -0.1) is 0 Å². The minimum Gasteiger partial charge on any atom is -0.396 e. The van der Waals surface area contributed by atoms with Crippen molar-refractivity contribution < 1.29 is 5.11 Å². The number of likely N-dealkylation sites (tertiary alicyclic amines) is 1. The number of nitrogens with zero attached hydrogens (tertiary/aromatic N) is 1. The number of benzene rings is 1. The van der Waals surface area contributed by atoms with Gasteiger partial charge in [0.05, 0.1) is 0 Å². The Morgan fingerprint density at radius 2 is 2.12 bits per heavy atom. The summed E-state index contributed by atoms with van der Waals surface area (Å²) in [5.41, 5.74) is 1.39. The van der Waals surface area contributed by atoms with Gasteiger partial charge in [0, 0.05) is 19.7 Å². The summed E-state index contributed by atoms with van der Waals surface area (Å²) in [7, 11) is 0. The molecular weight excluding hydrogens is 210 g/mol. The van der Waals surface area contributed by atoms with E-state index in [4.69, 9.17) is 0 Å². The molecule has 2 nitrogen and oxygen atoms in total. The number of rotatable bonds is 5. The lowest BCUT2D eigenvalue weighted by Crippen LogP contribution is -2.24. The van der Waals surface area contributed by atoms with Gasteiger partial charge in [-0.3, -0.25) is 4.90 Å². The molecule has 0 aliphatic carbocycles. The Kier molecular flexibility index (Phi) is 4.57. The highest BCUT2D eigenvalue weighted by Crippen LogP contribution is 2.27. The van der Waals surface area contributed by atoms with Crippen LogP contribution in [-0.2, 0) is 6.54 Å². The molecule has 2 atom stereocenters. The Bertz CT molecular complexity index is 321. The van der Waals surface area contributed by atoms with Crippen molar-refractivity contribution in [3.05, 3.63) is 35.9 Å². The van der Waals surface area contributed by atoms with E-state index in [1.54, 1.807) is 0 Å². The maximum absolute atomic E-state index is 9.34. The maximum Gasteiger partial charge on any atom is 0.0462 e. The average molecular weight is 233 g/mol. The second kappa shape index (κ2) is 6.18. The summed E-state index contributed by atoms with van der Waals surface area (Å²) in [5.74, 6) is 1.18. The molecule has 1 N–H and O–H groups in total. The van der Waals surface area contributed by atoms with E-state index >= 15 is 0 Å². The minimum atomic E-state index is 0.348. The average Bonchev–Trinajstić information content (AvgIpc) is 2.81. The number of aliphatic hydroxyl groups excluding tert-OH is 1. The van der Waals surface area contributed by atoms with Gasteiger partial charge in [0.2, 0.25) is 0 Å². The van der Waals surface area contributed by atoms with Crippen molar-refractivity contribution in [1.82, 2.24) is 4.90 Å². The van der Waals surface area contributed by atoms with Crippen LogP contribution < -0.4 is 0 Å². The van der Waals surface area contributed by atoms with E-state index < -0.39 is 0 Å². The lowest BCUT2D eigenvalue weighted by molar-refractivity contribution is 0.169. The first kappa shape index (κ1) is 12.6. The molecule has 0 radical (unpaired) electrons. The second-order valence-corrected chi connectivity index (χ2v) is 5.12. The van der Waals surface area contributed by atoms with Gasteiger partial charge >= 0.3 is 0 Å². The van der Waals surface area contributed by atoms with Crippen molar-refractivity contribution in [2.45, 2.75) is 26.3 Å². The largest absolute Gasteiger partial charge is 0.396 e. The van der Waals surface area contributed by atoms with Crippen LogP contribution in [-0.4, -0.2) is 29.7 Å². The summed E-state index contributed by atoms with van der Waals surface area (Å²) < 4.78 is 0. The van der Waals surface area contributed by atoms with Crippen LogP contribution in [0.3, 0.4) is 0 Å². The standard InChI is InChI=1S/C15H23NO/c1-2-14(12-17)15-8-9-16(11-15)10-13-6-4-3-5-7-13/h3-7,14-15,17H,2,8-12H2,1H3. The van der Waals surface area contributed by atoms with E-state index in [0.29, 0.717) is 18.4 Å². The summed E-state index contributed by atoms with van der Waals surface area (Å²) in [6.07, 6.45) is 2.34. The molecule has 17 heavy (non-hydrogen) atoms. The molecule has 0 bridgehead atoms. The van der Waals surface area contributed by atoms with Crippen LogP contribution in [0.1, 0.15) is 25.3 Å². The molecule has 1 fully saturated rings. The fourth-order valence-corrected chi connectivity index (χ4v) is 2.84. The smallest absolute Gasteiger partial charge is 0.0462 e. The predicted molar refractivity (Wildman–Crippen MR) is 70.7 cm³/mol. The van der Waals surface area contributed by atoms with Crippen LogP contribution in [0, 0.1) is 11.8 Å². The molecule has 2 rings (SSSR count). The second-order valence-electron chi connectivity index (χ2n) is 5.12. The molecule has 0 aromatic heterocycles. The summed E-state index contributed by atoms with van der Waals surface area (Å²) in [6.45, 7) is 5.91. The third-order valence-corrected chi connectivity index (χ3v) is 3.98. The molecule has 1 aliphatic heterocycles. The van der Waals surface area contributed by atoms with E-state index in [-0.39, 0.29) is 0 Å². The van der Waals surface area contributed by atoms with Gasteiger partial charge in [-0.05, 0) is 30.4 Å². The van der Waals surface area contributed by atoms with Gasteiger partial charge in [0.15, 0.2) is 0 Å². The van der Waals surface area contributed by atoms with E-state index in [0.717, 1.165) is 19.5 Å². The number of hydrogen-bond donors (Lipinski definition) is 1. The van der Waals surface area contributed by atoms with Crippen LogP contribution in [0.2, 0.25) is 0 Å². The number of aliphatic hydroxyl groups is 1. The van der Waals surface area contributed by atoms with Crippen LogP contribution in [0.25, 0.3) is 0 Å². The number of hydrogen-bond acceptors (Lipinski definition) is 2. The van der Waals surface area contributed by atoms with Gasteiger partial charge in [0.1, 0.15) is 0 Å².